The molecule has 100 valence electrons. The molecule has 18 heavy (non-hydrogen) atoms. The average Bonchev–Trinajstić information content (AvgIpc) is 2.27. The number of oxime groups is 1. The van der Waals surface area contributed by atoms with Crippen molar-refractivity contribution in [3.8, 4) is 0 Å². The Balaban J connectivity index is 2.64. The van der Waals surface area contributed by atoms with E-state index in [9.17, 15) is 0 Å². The zero-order chi connectivity index (χ0) is 13.8. The van der Waals surface area contributed by atoms with Crippen molar-refractivity contribution < 1.29 is 9.63 Å². The van der Waals surface area contributed by atoms with Gasteiger partial charge in [-0.3, -0.25) is 0 Å². The molecule has 0 aliphatic heterocycles. The Morgan fingerprint density at radius 2 is 1.78 bits per heavy atom. The standard InChI is InChI=1S/C14H23NO2Si/c1-14(2,3)18(4,5)17-11-13-8-6-12(7-9-13)10-15-16/h6-10,16H,11H2,1-5H3/b15-10+. The number of nitrogens with zero attached hydrogens (tertiary/aromatic N) is 1. The number of hydrogen-bond acceptors (Lipinski definition) is 3. The maximum Gasteiger partial charge on any atom is 0.192 e. The minimum Gasteiger partial charge on any atom is -0.413 e. The van der Waals surface area contributed by atoms with Crippen LogP contribution in [0.4, 0.5) is 0 Å². The van der Waals surface area contributed by atoms with E-state index in [0.717, 1.165) is 11.1 Å². The Bertz CT molecular complexity index is 405. The maximum absolute atomic E-state index is 8.44. The third-order valence-electron chi connectivity index (χ3n) is 3.59. The molecule has 0 heterocycles. The fourth-order valence-electron chi connectivity index (χ4n) is 1.25. The van der Waals surface area contributed by atoms with Crippen LogP contribution in [-0.2, 0) is 11.0 Å². The van der Waals surface area contributed by atoms with Gasteiger partial charge in [0.15, 0.2) is 8.32 Å². The predicted molar refractivity (Wildman–Crippen MR) is 77.8 cm³/mol. The number of rotatable bonds is 4. The minimum atomic E-state index is -1.68. The van der Waals surface area contributed by atoms with Gasteiger partial charge < -0.3 is 9.63 Å². The summed E-state index contributed by atoms with van der Waals surface area (Å²) in [6, 6.07) is 7.85. The van der Waals surface area contributed by atoms with Crippen LogP contribution < -0.4 is 0 Å². The quantitative estimate of drug-likeness (QED) is 0.387. The lowest BCUT2D eigenvalue weighted by molar-refractivity contribution is 0.276. The molecule has 0 unspecified atom stereocenters. The van der Waals surface area contributed by atoms with Crippen LogP contribution in [0, 0.1) is 0 Å². The largest absolute Gasteiger partial charge is 0.413 e. The highest BCUT2D eigenvalue weighted by atomic mass is 28.4. The minimum absolute atomic E-state index is 0.233. The first-order valence-electron chi connectivity index (χ1n) is 6.16. The summed E-state index contributed by atoms with van der Waals surface area (Å²) in [6.45, 7) is 11.9. The summed E-state index contributed by atoms with van der Waals surface area (Å²) in [4.78, 5) is 0. The molecule has 0 amide bonds. The molecule has 0 radical (unpaired) electrons. The summed E-state index contributed by atoms with van der Waals surface area (Å²) in [5, 5.41) is 11.7. The normalized spacial score (nSPS) is 13.2. The van der Waals surface area contributed by atoms with Crippen molar-refractivity contribution in [2.45, 2.75) is 45.5 Å². The van der Waals surface area contributed by atoms with Crippen LogP contribution in [0.1, 0.15) is 31.9 Å². The monoisotopic (exact) mass is 265 g/mol. The molecule has 0 spiro atoms. The van der Waals surface area contributed by atoms with Crippen molar-refractivity contribution in [2.75, 3.05) is 0 Å². The fraction of sp³-hybridized carbons (Fsp3) is 0.500. The lowest BCUT2D eigenvalue weighted by Gasteiger charge is -2.36. The molecule has 0 fully saturated rings. The fourth-order valence-corrected chi connectivity index (χ4v) is 2.21. The summed E-state index contributed by atoms with van der Waals surface area (Å²) in [7, 11) is -1.68. The highest BCUT2D eigenvalue weighted by molar-refractivity contribution is 6.74. The van der Waals surface area contributed by atoms with Crippen molar-refractivity contribution >= 4 is 14.5 Å². The zero-order valence-corrected chi connectivity index (χ0v) is 12.9. The first kappa shape index (κ1) is 14.9. The molecule has 3 nitrogen and oxygen atoms in total. The van der Waals surface area contributed by atoms with Gasteiger partial charge in [-0.2, -0.15) is 0 Å². The van der Waals surface area contributed by atoms with Gasteiger partial charge in [-0.15, -0.1) is 0 Å². The molecule has 0 aliphatic carbocycles. The zero-order valence-electron chi connectivity index (χ0n) is 11.9. The summed E-state index contributed by atoms with van der Waals surface area (Å²) < 4.78 is 6.14. The van der Waals surface area contributed by atoms with Crippen molar-refractivity contribution in [1.82, 2.24) is 0 Å². The molecule has 0 bridgehead atoms. The van der Waals surface area contributed by atoms with E-state index in [1.807, 2.05) is 24.3 Å². The molecule has 0 aromatic heterocycles. The van der Waals surface area contributed by atoms with E-state index in [1.165, 1.54) is 6.21 Å². The van der Waals surface area contributed by atoms with Crippen LogP contribution in [0.5, 0.6) is 0 Å². The van der Waals surface area contributed by atoms with Gasteiger partial charge in [0.1, 0.15) is 0 Å². The van der Waals surface area contributed by atoms with E-state index in [2.05, 4.69) is 39.0 Å². The molecule has 4 heteroatoms. The van der Waals surface area contributed by atoms with E-state index in [-0.39, 0.29) is 5.04 Å². The molecular formula is C14H23NO2Si. The number of benzene rings is 1. The Hall–Kier alpha value is -1.13. The maximum atomic E-state index is 8.44. The van der Waals surface area contributed by atoms with Gasteiger partial charge in [-0.25, -0.2) is 0 Å². The molecule has 1 aromatic carbocycles. The van der Waals surface area contributed by atoms with Crippen molar-refractivity contribution in [3.63, 3.8) is 0 Å². The summed E-state index contributed by atoms with van der Waals surface area (Å²) >= 11 is 0. The first-order valence-corrected chi connectivity index (χ1v) is 9.07. The topological polar surface area (TPSA) is 41.8 Å². The van der Waals surface area contributed by atoms with E-state index < -0.39 is 8.32 Å². The van der Waals surface area contributed by atoms with Crippen LogP contribution in [0.2, 0.25) is 18.1 Å². The first-order chi connectivity index (χ1) is 8.26. The van der Waals surface area contributed by atoms with Gasteiger partial charge in [0.25, 0.3) is 0 Å². The van der Waals surface area contributed by atoms with Gasteiger partial charge in [0, 0.05) is 0 Å². The Kier molecular flexibility index (Phi) is 4.70. The highest BCUT2D eigenvalue weighted by Crippen LogP contribution is 2.37. The summed E-state index contributed by atoms with van der Waals surface area (Å²) in [6.07, 6.45) is 1.42. The Morgan fingerprint density at radius 3 is 2.22 bits per heavy atom. The molecular weight excluding hydrogens is 242 g/mol. The SMILES string of the molecule is CC(C)(C)[Si](C)(C)OCc1ccc(/C=N/O)cc1. The van der Waals surface area contributed by atoms with Crippen LogP contribution in [-0.4, -0.2) is 19.7 Å². The van der Waals surface area contributed by atoms with Crippen LogP contribution in [0.15, 0.2) is 29.4 Å². The van der Waals surface area contributed by atoms with Crippen LogP contribution in [0.3, 0.4) is 0 Å². The van der Waals surface area contributed by atoms with Gasteiger partial charge in [0.05, 0.1) is 12.8 Å². The third kappa shape index (κ3) is 3.96. The smallest absolute Gasteiger partial charge is 0.192 e. The third-order valence-corrected chi connectivity index (χ3v) is 8.07. The Morgan fingerprint density at radius 1 is 1.22 bits per heavy atom. The van der Waals surface area contributed by atoms with Gasteiger partial charge in [0.2, 0.25) is 0 Å². The average molecular weight is 265 g/mol. The lowest BCUT2D eigenvalue weighted by Crippen LogP contribution is -2.40. The molecule has 1 N–H and O–H groups in total. The van der Waals surface area contributed by atoms with Crippen molar-refractivity contribution in [2.24, 2.45) is 5.16 Å². The van der Waals surface area contributed by atoms with Gasteiger partial charge >= 0.3 is 0 Å². The molecule has 0 saturated heterocycles. The summed E-state index contributed by atoms with van der Waals surface area (Å²) in [5.41, 5.74) is 2.03. The molecule has 0 saturated carbocycles. The summed E-state index contributed by atoms with van der Waals surface area (Å²) in [5.74, 6) is 0. The van der Waals surface area contributed by atoms with Gasteiger partial charge in [-0.1, -0.05) is 50.2 Å². The predicted octanol–water partition coefficient (Wildman–Crippen LogP) is 4.02. The Labute approximate surface area is 111 Å². The van der Waals surface area contributed by atoms with Crippen LogP contribution in [0.25, 0.3) is 0 Å². The van der Waals surface area contributed by atoms with Gasteiger partial charge in [-0.05, 0) is 29.3 Å². The van der Waals surface area contributed by atoms with E-state index in [1.54, 1.807) is 0 Å². The second kappa shape index (κ2) is 5.67. The molecule has 1 aromatic rings. The highest BCUT2D eigenvalue weighted by Gasteiger charge is 2.36. The van der Waals surface area contributed by atoms with E-state index in [0.29, 0.717) is 6.61 Å². The van der Waals surface area contributed by atoms with Crippen molar-refractivity contribution in [3.05, 3.63) is 35.4 Å². The second-order valence-corrected chi connectivity index (χ2v) is 10.8. The number of hydrogen-bond donors (Lipinski definition) is 1. The second-order valence-electron chi connectivity index (χ2n) is 6.04. The lowest BCUT2D eigenvalue weighted by atomic mass is 10.2. The van der Waals surface area contributed by atoms with E-state index in [4.69, 9.17) is 9.63 Å². The van der Waals surface area contributed by atoms with Crippen molar-refractivity contribution in [1.29, 1.82) is 0 Å². The molecule has 1 rings (SSSR count). The van der Waals surface area contributed by atoms with E-state index >= 15 is 0 Å². The van der Waals surface area contributed by atoms with Crippen LogP contribution >= 0.6 is 0 Å². The molecule has 0 aliphatic rings. The molecule has 0 atom stereocenters.